The standard InChI is InChI=1S/C27H34N4O4/c1-27(2,3)35-26(33)30-17-16-29(25(32)34-20-21-10-5-4-6-11-21)19-23(30)13-9-15-31-24-14-8-7-12-22(24)18-28-31/h4-8,10-12,14,18,23H,9,13,15-17,19-20H2,1-3H3/t23-/m1/s1. The van der Waals surface area contributed by atoms with Crippen LogP contribution in [0.25, 0.3) is 10.9 Å². The molecule has 0 radical (unpaired) electrons. The van der Waals surface area contributed by atoms with Crippen LogP contribution in [-0.2, 0) is 22.6 Å². The number of benzene rings is 2. The van der Waals surface area contributed by atoms with E-state index in [1.165, 1.54) is 0 Å². The molecule has 0 saturated carbocycles. The number of aryl methyl sites for hydroxylation is 1. The van der Waals surface area contributed by atoms with Gasteiger partial charge in [0.25, 0.3) is 0 Å². The Bertz CT molecular complexity index is 1140. The highest BCUT2D eigenvalue weighted by Gasteiger charge is 2.35. The number of aromatic nitrogens is 2. The van der Waals surface area contributed by atoms with Crippen LogP contribution in [0.15, 0.2) is 60.8 Å². The van der Waals surface area contributed by atoms with Crippen LogP contribution >= 0.6 is 0 Å². The van der Waals surface area contributed by atoms with Crippen LogP contribution in [0.5, 0.6) is 0 Å². The molecule has 8 heteroatoms. The summed E-state index contributed by atoms with van der Waals surface area (Å²) in [7, 11) is 0. The quantitative estimate of drug-likeness (QED) is 0.494. The number of hydrogen-bond donors (Lipinski definition) is 0. The second-order valence-corrected chi connectivity index (χ2v) is 9.88. The average Bonchev–Trinajstić information content (AvgIpc) is 3.25. The van der Waals surface area contributed by atoms with Crippen molar-refractivity contribution in [1.29, 1.82) is 0 Å². The van der Waals surface area contributed by atoms with Gasteiger partial charge in [-0.2, -0.15) is 5.10 Å². The van der Waals surface area contributed by atoms with Crippen molar-refractivity contribution in [1.82, 2.24) is 19.6 Å². The summed E-state index contributed by atoms with van der Waals surface area (Å²) in [6.07, 6.45) is 2.69. The summed E-state index contributed by atoms with van der Waals surface area (Å²) in [5.74, 6) is 0. The number of piperazine rings is 1. The normalized spacial score (nSPS) is 16.4. The van der Waals surface area contributed by atoms with Gasteiger partial charge in [0, 0.05) is 31.6 Å². The Labute approximate surface area is 206 Å². The smallest absolute Gasteiger partial charge is 0.410 e. The van der Waals surface area contributed by atoms with E-state index in [4.69, 9.17) is 9.47 Å². The van der Waals surface area contributed by atoms with E-state index in [-0.39, 0.29) is 24.8 Å². The third kappa shape index (κ3) is 6.53. The van der Waals surface area contributed by atoms with Crippen LogP contribution in [0.1, 0.15) is 39.2 Å². The van der Waals surface area contributed by atoms with Gasteiger partial charge in [0.05, 0.1) is 17.8 Å². The first-order valence-electron chi connectivity index (χ1n) is 12.2. The van der Waals surface area contributed by atoms with Crippen LogP contribution in [0.2, 0.25) is 0 Å². The van der Waals surface area contributed by atoms with E-state index in [0.717, 1.165) is 35.9 Å². The van der Waals surface area contributed by atoms with Gasteiger partial charge in [0.15, 0.2) is 0 Å². The van der Waals surface area contributed by atoms with Crippen molar-refractivity contribution < 1.29 is 19.1 Å². The lowest BCUT2D eigenvalue weighted by atomic mass is 10.1. The van der Waals surface area contributed by atoms with E-state index in [0.29, 0.717) is 19.6 Å². The largest absolute Gasteiger partial charge is 0.445 e. The molecule has 1 aliphatic heterocycles. The monoisotopic (exact) mass is 478 g/mol. The van der Waals surface area contributed by atoms with Crippen molar-refractivity contribution in [3.63, 3.8) is 0 Å². The molecule has 2 amide bonds. The zero-order valence-electron chi connectivity index (χ0n) is 20.7. The Morgan fingerprint density at radius 3 is 2.51 bits per heavy atom. The van der Waals surface area contributed by atoms with Gasteiger partial charge in [-0.1, -0.05) is 48.5 Å². The molecule has 35 heavy (non-hydrogen) atoms. The molecule has 8 nitrogen and oxygen atoms in total. The first-order valence-corrected chi connectivity index (χ1v) is 12.2. The molecular weight excluding hydrogens is 444 g/mol. The first kappa shape index (κ1) is 24.6. The Morgan fingerprint density at radius 1 is 1.00 bits per heavy atom. The maximum absolute atomic E-state index is 12.9. The highest BCUT2D eigenvalue weighted by molar-refractivity contribution is 5.78. The molecule has 186 valence electrons. The first-order chi connectivity index (χ1) is 16.8. The van der Waals surface area contributed by atoms with Gasteiger partial charge in [-0.3, -0.25) is 4.68 Å². The average molecular weight is 479 g/mol. The lowest BCUT2D eigenvalue weighted by Crippen LogP contribution is -2.57. The molecule has 0 spiro atoms. The number of hydrogen-bond acceptors (Lipinski definition) is 5. The van der Waals surface area contributed by atoms with Crippen molar-refractivity contribution in [3.8, 4) is 0 Å². The Morgan fingerprint density at radius 2 is 1.74 bits per heavy atom. The number of rotatable bonds is 6. The molecule has 2 aromatic carbocycles. The van der Waals surface area contributed by atoms with Crippen LogP contribution in [0.3, 0.4) is 0 Å². The summed E-state index contributed by atoms with van der Waals surface area (Å²) < 4.78 is 13.2. The fourth-order valence-corrected chi connectivity index (χ4v) is 4.32. The van der Waals surface area contributed by atoms with Crippen molar-refractivity contribution in [2.75, 3.05) is 19.6 Å². The summed E-state index contributed by atoms with van der Waals surface area (Å²) in [5.41, 5.74) is 1.45. The van der Waals surface area contributed by atoms with E-state index in [1.54, 1.807) is 9.80 Å². The highest BCUT2D eigenvalue weighted by Crippen LogP contribution is 2.21. The number of para-hydroxylation sites is 1. The molecular formula is C27H34N4O4. The predicted molar refractivity (Wildman–Crippen MR) is 134 cm³/mol. The zero-order valence-corrected chi connectivity index (χ0v) is 20.7. The minimum absolute atomic E-state index is 0.162. The van der Waals surface area contributed by atoms with Gasteiger partial charge < -0.3 is 19.3 Å². The van der Waals surface area contributed by atoms with Gasteiger partial charge in [-0.25, -0.2) is 9.59 Å². The van der Waals surface area contributed by atoms with Crippen molar-refractivity contribution >= 4 is 23.1 Å². The molecule has 0 aliphatic carbocycles. The molecule has 3 aromatic rings. The fraction of sp³-hybridized carbons (Fsp3) is 0.444. The lowest BCUT2D eigenvalue weighted by Gasteiger charge is -2.41. The Hall–Kier alpha value is -3.55. The summed E-state index contributed by atoms with van der Waals surface area (Å²) in [5, 5.41) is 5.61. The van der Waals surface area contributed by atoms with Crippen molar-refractivity contribution in [3.05, 3.63) is 66.4 Å². The van der Waals surface area contributed by atoms with Gasteiger partial charge in [0.1, 0.15) is 12.2 Å². The molecule has 4 rings (SSSR count). The number of nitrogens with zero attached hydrogens (tertiary/aromatic N) is 4. The minimum atomic E-state index is -0.582. The van der Waals surface area contributed by atoms with Gasteiger partial charge >= 0.3 is 12.2 Å². The topological polar surface area (TPSA) is 76.9 Å². The molecule has 2 heterocycles. The van der Waals surface area contributed by atoms with Crippen LogP contribution in [0, 0.1) is 0 Å². The molecule has 0 unspecified atom stereocenters. The van der Waals surface area contributed by atoms with E-state index in [1.807, 2.05) is 80.2 Å². The number of carbonyl (C=O) groups excluding carboxylic acids is 2. The number of amides is 2. The minimum Gasteiger partial charge on any atom is -0.445 e. The molecule has 0 N–H and O–H groups in total. The van der Waals surface area contributed by atoms with E-state index >= 15 is 0 Å². The summed E-state index contributed by atoms with van der Waals surface area (Å²) in [4.78, 5) is 29.2. The third-order valence-electron chi connectivity index (χ3n) is 6.03. The van der Waals surface area contributed by atoms with Crippen molar-refractivity contribution in [2.45, 2.75) is 58.4 Å². The number of fused-ring (bicyclic) bond motifs is 1. The molecule has 1 saturated heterocycles. The Balaban J connectivity index is 1.39. The summed E-state index contributed by atoms with van der Waals surface area (Å²) in [6.45, 7) is 7.76. The summed E-state index contributed by atoms with van der Waals surface area (Å²) >= 11 is 0. The van der Waals surface area contributed by atoms with Gasteiger partial charge in [0.2, 0.25) is 0 Å². The lowest BCUT2D eigenvalue weighted by molar-refractivity contribution is -0.00484. The van der Waals surface area contributed by atoms with E-state index in [2.05, 4.69) is 11.2 Å². The van der Waals surface area contributed by atoms with Crippen LogP contribution in [0.4, 0.5) is 9.59 Å². The van der Waals surface area contributed by atoms with Gasteiger partial charge in [-0.15, -0.1) is 0 Å². The third-order valence-corrected chi connectivity index (χ3v) is 6.03. The van der Waals surface area contributed by atoms with E-state index in [9.17, 15) is 9.59 Å². The summed E-state index contributed by atoms with van der Waals surface area (Å²) in [6, 6.07) is 17.6. The SMILES string of the molecule is CC(C)(C)OC(=O)N1CCN(C(=O)OCc2ccccc2)C[C@H]1CCCn1ncc2ccccc21. The second-order valence-electron chi connectivity index (χ2n) is 9.88. The Kier molecular flexibility index (Phi) is 7.58. The maximum Gasteiger partial charge on any atom is 0.410 e. The second kappa shape index (κ2) is 10.8. The van der Waals surface area contributed by atoms with Gasteiger partial charge in [-0.05, 0) is 45.2 Å². The number of carbonyl (C=O) groups is 2. The number of ether oxygens (including phenoxy) is 2. The van der Waals surface area contributed by atoms with E-state index < -0.39 is 5.60 Å². The predicted octanol–water partition coefficient (Wildman–Crippen LogP) is 5.07. The molecule has 1 aliphatic rings. The maximum atomic E-state index is 12.9. The van der Waals surface area contributed by atoms with Crippen molar-refractivity contribution in [2.24, 2.45) is 0 Å². The highest BCUT2D eigenvalue weighted by atomic mass is 16.6. The van der Waals surface area contributed by atoms with Crippen LogP contribution in [-0.4, -0.2) is 63.0 Å². The molecule has 1 atom stereocenters. The molecule has 1 fully saturated rings. The fourth-order valence-electron chi connectivity index (χ4n) is 4.32. The zero-order chi connectivity index (χ0) is 24.8. The molecule has 1 aromatic heterocycles. The van der Waals surface area contributed by atoms with Crippen LogP contribution < -0.4 is 0 Å². The molecule has 0 bridgehead atoms.